The Bertz CT molecular complexity index is 1590. The van der Waals surface area contributed by atoms with Gasteiger partial charge >= 0.3 is 5.97 Å². The summed E-state index contributed by atoms with van der Waals surface area (Å²) in [6.07, 6.45) is 1.87. The molecule has 0 radical (unpaired) electrons. The number of hydrogen-bond acceptors (Lipinski definition) is 6. The first-order valence-corrected chi connectivity index (χ1v) is 14.4. The van der Waals surface area contributed by atoms with Crippen molar-refractivity contribution in [2.24, 2.45) is 17.8 Å². The van der Waals surface area contributed by atoms with Gasteiger partial charge in [0, 0.05) is 10.6 Å². The summed E-state index contributed by atoms with van der Waals surface area (Å²) >= 11 is 18.2. The Kier molecular flexibility index (Phi) is 8.68. The van der Waals surface area contributed by atoms with Crippen LogP contribution in [0.1, 0.15) is 57.3 Å². The van der Waals surface area contributed by atoms with Crippen molar-refractivity contribution in [3.8, 4) is 5.75 Å². The fraction of sp³-hybridized carbons (Fsp3) is 0.258. The lowest BCUT2D eigenvalue weighted by molar-refractivity contribution is -0.154. The molecule has 1 heterocycles. The molecule has 0 spiro atoms. The maximum atomic E-state index is 13.7. The largest absolute Gasteiger partial charge is 0.423 e. The first-order valence-electron chi connectivity index (χ1n) is 13.3. The van der Waals surface area contributed by atoms with Crippen LogP contribution < -0.4 is 4.74 Å². The standard InChI is InChI=1S/C31H25Cl3N2O6/c1-17-6-12-21-24(14-17)30(40)36(29(21)39)35(28(38)22-4-2-3-5-25(22)33)16-27(37)18-7-10-20(11-8-18)42-31(41)23-13-9-19(32)15-26(23)34/h2-5,7-11,13,15,17,21,24H,6,12,14,16H2,1H3/t17-,21-,24+/m1/s1. The number of carbonyl (C=O) groups is 5. The second kappa shape index (κ2) is 12.3. The zero-order chi connectivity index (χ0) is 30.1. The average Bonchev–Trinajstić information content (AvgIpc) is 3.20. The van der Waals surface area contributed by atoms with E-state index in [1.165, 1.54) is 54.6 Å². The number of fused-ring (bicyclic) bond motifs is 1. The van der Waals surface area contributed by atoms with Gasteiger partial charge in [0.1, 0.15) is 12.3 Å². The van der Waals surface area contributed by atoms with E-state index in [0.29, 0.717) is 17.9 Å². The van der Waals surface area contributed by atoms with E-state index in [-0.39, 0.29) is 38.4 Å². The maximum Gasteiger partial charge on any atom is 0.345 e. The number of ether oxygens (including phenoxy) is 1. The number of carbonyl (C=O) groups excluding carboxylic acids is 5. The number of hydrogen-bond donors (Lipinski definition) is 0. The highest BCUT2D eigenvalue weighted by Crippen LogP contribution is 2.41. The lowest BCUT2D eigenvalue weighted by Crippen LogP contribution is -2.52. The van der Waals surface area contributed by atoms with Crippen molar-refractivity contribution >= 4 is 64.3 Å². The average molecular weight is 628 g/mol. The second-order valence-corrected chi connectivity index (χ2v) is 11.7. The molecule has 1 aliphatic heterocycles. The van der Waals surface area contributed by atoms with Crippen LogP contribution in [-0.4, -0.2) is 46.0 Å². The zero-order valence-corrected chi connectivity index (χ0v) is 24.7. The third-order valence-electron chi connectivity index (χ3n) is 7.58. The van der Waals surface area contributed by atoms with E-state index in [0.717, 1.165) is 16.4 Å². The monoisotopic (exact) mass is 626 g/mol. The van der Waals surface area contributed by atoms with Gasteiger partial charge in [-0.1, -0.05) is 53.9 Å². The molecule has 0 bridgehead atoms. The van der Waals surface area contributed by atoms with E-state index >= 15 is 0 Å². The number of amides is 3. The first kappa shape index (κ1) is 29.8. The van der Waals surface area contributed by atoms with Gasteiger partial charge in [0.05, 0.1) is 33.0 Å². The summed E-state index contributed by atoms with van der Waals surface area (Å²) in [7, 11) is 0. The van der Waals surface area contributed by atoms with E-state index in [9.17, 15) is 24.0 Å². The Morgan fingerprint density at radius 1 is 0.857 bits per heavy atom. The van der Waals surface area contributed by atoms with Crippen molar-refractivity contribution in [1.82, 2.24) is 10.0 Å². The van der Waals surface area contributed by atoms with Crippen LogP contribution in [0.5, 0.6) is 5.75 Å². The summed E-state index contributed by atoms with van der Waals surface area (Å²) in [6, 6.07) is 16.3. The molecular weight excluding hydrogens is 603 g/mol. The van der Waals surface area contributed by atoms with Crippen molar-refractivity contribution in [3.05, 3.63) is 98.5 Å². The number of rotatable bonds is 7. The van der Waals surface area contributed by atoms with Gasteiger partial charge in [0.25, 0.3) is 17.7 Å². The first-order chi connectivity index (χ1) is 20.0. The number of ketones is 1. The van der Waals surface area contributed by atoms with Gasteiger partial charge in [-0.2, -0.15) is 5.01 Å². The fourth-order valence-corrected chi connectivity index (χ4v) is 6.07. The Balaban J connectivity index is 1.38. The molecule has 5 rings (SSSR count). The maximum absolute atomic E-state index is 13.7. The highest BCUT2D eigenvalue weighted by molar-refractivity contribution is 6.36. The summed E-state index contributed by atoms with van der Waals surface area (Å²) < 4.78 is 5.36. The predicted molar refractivity (Wildman–Crippen MR) is 157 cm³/mol. The topological polar surface area (TPSA) is 101 Å². The molecule has 1 saturated heterocycles. The molecule has 0 unspecified atom stereocenters. The van der Waals surface area contributed by atoms with Crippen molar-refractivity contribution in [3.63, 3.8) is 0 Å². The second-order valence-electron chi connectivity index (χ2n) is 10.4. The van der Waals surface area contributed by atoms with Crippen molar-refractivity contribution in [2.75, 3.05) is 6.54 Å². The van der Waals surface area contributed by atoms with Crippen LogP contribution in [0.15, 0.2) is 66.7 Å². The smallest absolute Gasteiger partial charge is 0.345 e. The molecule has 2 aliphatic rings. The lowest BCUT2D eigenvalue weighted by Gasteiger charge is -2.30. The number of imide groups is 1. The Morgan fingerprint density at radius 2 is 1.55 bits per heavy atom. The van der Waals surface area contributed by atoms with Crippen molar-refractivity contribution < 1.29 is 28.7 Å². The molecule has 3 amide bonds. The summed E-state index contributed by atoms with van der Waals surface area (Å²) in [5.74, 6) is -3.65. The molecule has 0 aromatic heterocycles. The van der Waals surface area contributed by atoms with Crippen LogP contribution in [0.25, 0.3) is 0 Å². The lowest BCUT2D eigenvalue weighted by atomic mass is 9.76. The van der Waals surface area contributed by atoms with Crippen molar-refractivity contribution in [2.45, 2.75) is 26.2 Å². The number of esters is 1. The Labute approximate surface area is 257 Å². The molecule has 2 fully saturated rings. The van der Waals surface area contributed by atoms with Crippen molar-refractivity contribution in [1.29, 1.82) is 0 Å². The minimum Gasteiger partial charge on any atom is -0.423 e. The third kappa shape index (κ3) is 5.93. The van der Waals surface area contributed by atoms with E-state index in [1.807, 2.05) is 6.92 Å². The molecule has 11 heteroatoms. The molecular formula is C31H25Cl3N2O6. The molecule has 1 saturated carbocycles. The number of benzene rings is 3. The molecule has 3 atom stereocenters. The van der Waals surface area contributed by atoms with Crippen LogP contribution >= 0.6 is 34.8 Å². The highest BCUT2D eigenvalue weighted by atomic mass is 35.5. The summed E-state index contributed by atoms with van der Waals surface area (Å²) in [5.41, 5.74) is 0.338. The van der Waals surface area contributed by atoms with Crippen LogP contribution in [0, 0.1) is 17.8 Å². The van der Waals surface area contributed by atoms with Gasteiger partial charge in [0.2, 0.25) is 0 Å². The Morgan fingerprint density at radius 3 is 2.24 bits per heavy atom. The minimum atomic E-state index is -0.743. The Hall–Kier alpha value is -3.72. The van der Waals surface area contributed by atoms with Gasteiger partial charge in [-0.25, -0.2) is 9.80 Å². The molecule has 3 aromatic carbocycles. The van der Waals surface area contributed by atoms with E-state index < -0.39 is 47.9 Å². The van der Waals surface area contributed by atoms with Crippen LogP contribution in [0.2, 0.25) is 15.1 Å². The zero-order valence-electron chi connectivity index (χ0n) is 22.4. The van der Waals surface area contributed by atoms with Crippen LogP contribution in [0.3, 0.4) is 0 Å². The normalized spacial score (nSPS) is 19.8. The van der Waals surface area contributed by atoms with E-state index in [4.69, 9.17) is 39.5 Å². The summed E-state index contributed by atoms with van der Waals surface area (Å²) in [6.45, 7) is 1.44. The molecule has 0 N–H and O–H groups in total. The van der Waals surface area contributed by atoms with Crippen LogP contribution in [0.4, 0.5) is 0 Å². The SMILES string of the molecule is C[C@@H]1CC[C@H]2C(=O)N(N(CC(=O)c3ccc(OC(=O)c4ccc(Cl)cc4Cl)cc3)C(=O)c3ccccc3Cl)C(=O)[C@H]2C1. The third-order valence-corrected chi connectivity index (χ3v) is 8.45. The van der Waals surface area contributed by atoms with E-state index in [1.54, 1.807) is 12.1 Å². The highest BCUT2D eigenvalue weighted by Gasteiger charge is 2.53. The number of nitrogens with zero attached hydrogens (tertiary/aromatic N) is 2. The quantitative estimate of drug-likeness (QED) is 0.128. The van der Waals surface area contributed by atoms with Gasteiger partial charge in [-0.3, -0.25) is 19.2 Å². The number of Topliss-reactive ketones (excluding diaryl/α,β-unsaturated/α-hetero) is 1. The number of hydrazine groups is 1. The van der Waals surface area contributed by atoms with Gasteiger partial charge in [-0.15, -0.1) is 0 Å². The predicted octanol–water partition coefficient (Wildman–Crippen LogP) is 6.53. The molecule has 42 heavy (non-hydrogen) atoms. The van der Waals surface area contributed by atoms with Crippen LogP contribution in [-0.2, 0) is 9.59 Å². The summed E-state index contributed by atoms with van der Waals surface area (Å²) in [5, 5.41) is 2.35. The molecule has 1 aliphatic carbocycles. The van der Waals surface area contributed by atoms with Gasteiger partial charge in [-0.05, 0) is 79.8 Å². The fourth-order valence-electron chi connectivity index (χ4n) is 5.37. The molecule has 8 nitrogen and oxygen atoms in total. The molecule has 216 valence electrons. The minimum absolute atomic E-state index is 0.0546. The number of halogens is 3. The summed E-state index contributed by atoms with van der Waals surface area (Å²) in [4.78, 5) is 66.6. The molecule has 3 aromatic rings. The van der Waals surface area contributed by atoms with Gasteiger partial charge < -0.3 is 4.74 Å². The van der Waals surface area contributed by atoms with E-state index in [2.05, 4.69) is 0 Å². The van der Waals surface area contributed by atoms with Gasteiger partial charge in [0.15, 0.2) is 5.78 Å².